The molecule has 1 heterocycles. The van der Waals surface area contributed by atoms with Crippen molar-refractivity contribution in [1.29, 1.82) is 0 Å². The molecule has 3 rings (SSSR count). The number of nitro groups is 1. The van der Waals surface area contributed by atoms with Crippen LogP contribution in [0.15, 0.2) is 48.5 Å². The Morgan fingerprint density at radius 1 is 1.13 bits per heavy atom. The van der Waals surface area contributed by atoms with Crippen LogP contribution < -0.4 is 9.47 Å². The van der Waals surface area contributed by atoms with Crippen molar-refractivity contribution in [2.24, 2.45) is 0 Å². The lowest BCUT2D eigenvalue weighted by Gasteiger charge is -2.34. The third-order valence-electron chi connectivity index (χ3n) is 5.11. The number of rotatable bonds is 8. The number of nitrogens with zero attached hydrogens (tertiary/aromatic N) is 1. The molecule has 30 heavy (non-hydrogen) atoms. The summed E-state index contributed by atoms with van der Waals surface area (Å²) in [7, 11) is 1.49. The van der Waals surface area contributed by atoms with Crippen molar-refractivity contribution < 1.29 is 28.7 Å². The molecule has 1 aliphatic heterocycles. The minimum atomic E-state index is -1.29. The number of methoxy groups -OCH3 is 1. The molecule has 0 radical (unpaired) electrons. The quantitative estimate of drug-likeness (QED) is 0.283. The first kappa shape index (κ1) is 21.3. The molecule has 1 aliphatic rings. The maximum Gasteiger partial charge on any atom is 0.309 e. The van der Waals surface area contributed by atoms with Gasteiger partial charge in [-0.2, -0.15) is 0 Å². The molecule has 0 spiro atoms. The van der Waals surface area contributed by atoms with Crippen LogP contribution in [0.3, 0.4) is 0 Å². The van der Waals surface area contributed by atoms with Gasteiger partial charge in [0.1, 0.15) is 11.5 Å². The van der Waals surface area contributed by atoms with Crippen LogP contribution in [-0.2, 0) is 9.53 Å². The van der Waals surface area contributed by atoms with Gasteiger partial charge in [0.15, 0.2) is 11.9 Å². The lowest BCUT2D eigenvalue weighted by molar-refractivity contribution is -0.538. The highest BCUT2D eigenvalue weighted by Gasteiger charge is 2.48. The maximum atomic E-state index is 12.9. The van der Waals surface area contributed by atoms with E-state index in [0.717, 1.165) is 0 Å². The molecule has 0 saturated heterocycles. The Morgan fingerprint density at radius 3 is 2.50 bits per heavy atom. The predicted molar refractivity (Wildman–Crippen MR) is 108 cm³/mol. The average Bonchev–Trinajstić information content (AvgIpc) is 2.74. The van der Waals surface area contributed by atoms with Crippen LogP contribution in [0, 0.1) is 10.1 Å². The van der Waals surface area contributed by atoms with Crippen molar-refractivity contribution in [1.82, 2.24) is 0 Å². The van der Waals surface area contributed by atoms with E-state index in [9.17, 15) is 19.7 Å². The Labute approximate surface area is 173 Å². The lowest BCUT2D eigenvalue weighted by Crippen LogP contribution is -2.47. The number of hydrogen-bond donors (Lipinski definition) is 0. The molecular formula is C22H23NO7. The zero-order valence-corrected chi connectivity index (χ0v) is 16.8. The fraction of sp³-hybridized carbons (Fsp3) is 0.364. The molecule has 158 valence electrons. The van der Waals surface area contributed by atoms with Gasteiger partial charge in [-0.05, 0) is 25.1 Å². The standard InChI is InChI=1S/C22H23NO7/c1-3-29-21(25)13-20-22(23(26)27)17(12-18(24)14-7-5-4-6-8-14)16-11-15(28-2)9-10-19(16)30-20/h4-11,17,20,22H,3,12-13H2,1-2H3/t17-,20+,22+/m1/s1. The normalized spacial score (nSPS) is 19.9. The highest BCUT2D eigenvalue weighted by molar-refractivity contribution is 5.96. The number of fused-ring (bicyclic) bond motifs is 1. The van der Waals surface area contributed by atoms with Crippen molar-refractivity contribution in [2.75, 3.05) is 13.7 Å². The Hall–Kier alpha value is -3.42. The van der Waals surface area contributed by atoms with Gasteiger partial charge in [-0.25, -0.2) is 0 Å². The highest BCUT2D eigenvalue weighted by Crippen LogP contribution is 2.42. The molecule has 0 saturated carbocycles. The van der Waals surface area contributed by atoms with Gasteiger partial charge in [0.25, 0.3) is 6.04 Å². The average molecular weight is 413 g/mol. The summed E-state index contributed by atoms with van der Waals surface area (Å²) in [6, 6.07) is 12.3. The van der Waals surface area contributed by atoms with E-state index in [-0.39, 0.29) is 25.2 Å². The number of carbonyl (C=O) groups excluding carboxylic acids is 2. The van der Waals surface area contributed by atoms with Gasteiger partial charge in [0.05, 0.1) is 26.1 Å². The van der Waals surface area contributed by atoms with Crippen molar-refractivity contribution in [3.05, 3.63) is 69.8 Å². The van der Waals surface area contributed by atoms with E-state index in [1.807, 2.05) is 0 Å². The van der Waals surface area contributed by atoms with Crippen molar-refractivity contribution >= 4 is 11.8 Å². The smallest absolute Gasteiger partial charge is 0.309 e. The SMILES string of the molecule is CCOC(=O)C[C@@H]1Oc2ccc(OC)cc2[C@@H](CC(=O)c2ccccc2)[C@@H]1[N+](=O)[O-]. The number of carbonyl (C=O) groups is 2. The molecule has 0 N–H and O–H groups in total. The Morgan fingerprint density at radius 2 is 1.87 bits per heavy atom. The second-order valence-corrected chi connectivity index (χ2v) is 6.94. The Kier molecular flexibility index (Phi) is 6.66. The predicted octanol–water partition coefficient (Wildman–Crippen LogP) is 3.41. The molecule has 0 aliphatic carbocycles. The molecule has 0 aromatic heterocycles. The first-order valence-electron chi connectivity index (χ1n) is 9.66. The van der Waals surface area contributed by atoms with E-state index >= 15 is 0 Å². The molecule has 0 fully saturated rings. The number of esters is 1. The van der Waals surface area contributed by atoms with E-state index in [0.29, 0.717) is 22.6 Å². The summed E-state index contributed by atoms with van der Waals surface area (Å²) in [6.45, 7) is 1.83. The van der Waals surface area contributed by atoms with E-state index in [2.05, 4.69) is 0 Å². The van der Waals surface area contributed by atoms with E-state index in [1.54, 1.807) is 55.5 Å². The third kappa shape index (κ3) is 4.59. The van der Waals surface area contributed by atoms with Crippen LogP contribution in [0.1, 0.15) is 41.6 Å². The second kappa shape index (κ2) is 9.39. The number of ketones is 1. The summed E-state index contributed by atoms with van der Waals surface area (Å²) in [5.41, 5.74) is 0.984. The summed E-state index contributed by atoms with van der Waals surface area (Å²) in [5, 5.41) is 12.0. The molecule has 0 bridgehead atoms. The van der Waals surface area contributed by atoms with Gasteiger partial charge in [0.2, 0.25) is 0 Å². The van der Waals surface area contributed by atoms with Gasteiger partial charge >= 0.3 is 5.97 Å². The largest absolute Gasteiger partial charge is 0.497 e. The van der Waals surface area contributed by atoms with Gasteiger partial charge in [-0.1, -0.05) is 30.3 Å². The third-order valence-corrected chi connectivity index (χ3v) is 5.11. The summed E-state index contributed by atoms with van der Waals surface area (Å²) in [4.78, 5) is 36.5. The van der Waals surface area contributed by atoms with Crippen LogP contribution >= 0.6 is 0 Å². The van der Waals surface area contributed by atoms with Crippen molar-refractivity contribution in [3.8, 4) is 11.5 Å². The Balaban J connectivity index is 2.00. The molecule has 0 amide bonds. The number of benzene rings is 2. The fourth-order valence-corrected chi connectivity index (χ4v) is 3.73. The van der Waals surface area contributed by atoms with Crippen LogP contribution in [-0.4, -0.2) is 42.5 Å². The molecule has 3 atom stereocenters. The number of Topliss-reactive ketones (excluding diaryl/α,β-unsaturated/α-hetero) is 1. The highest BCUT2D eigenvalue weighted by atomic mass is 16.6. The molecule has 0 unspecified atom stereocenters. The summed E-state index contributed by atoms with van der Waals surface area (Å²) >= 11 is 0. The first-order valence-corrected chi connectivity index (χ1v) is 9.66. The Bertz CT molecular complexity index is 928. The minimum absolute atomic E-state index is 0.0987. The lowest BCUT2D eigenvalue weighted by atomic mass is 9.80. The van der Waals surface area contributed by atoms with Crippen molar-refractivity contribution in [3.63, 3.8) is 0 Å². The van der Waals surface area contributed by atoms with Crippen LogP contribution in [0.4, 0.5) is 0 Å². The number of hydrogen-bond acceptors (Lipinski definition) is 7. The van der Waals surface area contributed by atoms with Crippen molar-refractivity contribution in [2.45, 2.75) is 37.8 Å². The van der Waals surface area contributed by atoms with Gasteiger partial charge in [0, 0.05) is 22.5 Å². The molecule has 2 aromatic carbocycles. The van der Waals surface area contributed by atoms with Gasteiger partial charge < -0.3 is 14.2 Å². The number of ether oxygens (including phenoxy) is 3. The molecular weight excluding hydrogens is 390 g/mol. The van der Waals surface area contributed by atoms with Crippen LogP contribution in [0.25, 0.3) is 0 Å². The fourth-order valence-electron chi connectivity index (χ4n) is 3.73. The summed E-state index contributed by atoms with van der Waals surface area (Å²) < 4.78 is 16.0. The molecule has 8 heteroatoms. The van der Waals surface area contributed by atoms with Crippen LogP contribution in [0.2, 0.25) is 0 Å². The second-order valence-electron chi connectivity index (χ2n) is 6.94. The topological polar surface area (TPSA) is 105 Å². The van der Waals surface area contributed by atoms with E-state index < -0.39 is 29.0 Å². The summed E-state index contributed by atoms with van der Waals surface area (Å²) in [6.07, 6.45) is -1.42. The van der Waals surface area contributed by atoms with Gasteiger partial charge in [-0.3, -0.25) is 19.7 Å². The zero-order chi connectivity index (χ0) is 21.7. The van der Waals surface area contributed by atoms with E-state index in [4.69, 9.17) is 14.2 Å². The molecule has 8 nitrogen and oxygen atoms in total. The monoisotopic (exact) mass is 413 g/mol. The zero-order valence-electron chi connectivity index (χ0n) is 16.8. The maximum absolute atomic E-state index is 12.9. The van der Waals surface area contributed by atoms with Gasteiger partial charge in [-0.15, -0.1) is 0 Å². The van der Waals surface area contributed by atoms with Crippen LogP contribution in [0.5, 0.6) is 11.5 Å². The minimum Gasteiger partial charge on any atom is -0.497 e. The first-order chi connectivity index (χ1) is 14.4. The molecule has 2 aromatic rings. The summed E-state index contributed by atoms with van der Waals surface area (Å²) in [5.74, 6) is -0.696. The van der Waals surface area contributed by atoms with E-state index in [1.165, 1.54) is 7.11 Å².